The van der Waals surface area contributed by atoms with Crippen LogP contribution < -0.4 is 20.7 Å². The predicted molar refractivity (Wildman–Crippen MR) is 122 cm³/mol. The summed E-state index contributed by atoms with van der Waals surface area (Å²) in [5.74, 6) is 1.77. The van der Waals surface area contributed by atoms with E-state index in [-0.39, 0.29) is 6.04 Å². The summed E-state index contributed by atoms with van der Waals surface area (Å²) < 4.78 is 5.38. The fourth-order valence-electron chi connectivity index (χ4n) is 3.39. The van der Waals surface area contributed by atoms with Gasteiger partial charge in [-0.3, -0.25) is 5.32 Å². The average molecular weight is 413 g/mol. The Morgan fingerprint density at radius 1 is 1.07 bits per heavy atom. The Morgan fingerprint density at radius 3 is 2.45 bits per heavy atom. The highest BCUT2D eigenvalue weighted by Crippen LogP contribution is 2.23. The number of aryl methyl sites for hydroxylation is 2. The van der Waals surface area contributed by atoms with Gasteiger partial charge in [-0.05, 0) is 57.1 Å². The summed E-state index contributed by atoms with van der Waals surface area (Å²) in [5, 5.41) is 9.98. The molecule has 0 aliphatic heterocycles. The van der Waals surface area contributed by atoms with Crippen molar-refractivity contribution in [2.75, 3.05) is 17.7 Å². The number of nitrogens with one attached hydrogen (secondary N) is 3. The van der Waals surface area contributed by atoms with Crippen LogP contribution in [0, 0.1) is 13.8 Å². The largest absolute Gasteiger partial charge is 0.495 e. The number of benzene rings is 1. The topological polar surface area (TPSA) is 83.5 Å². The molecule has 29 heavy (non-hydrogen) atoms. The van der Waals surface area contributed by atoms with Gasteiger partial charge in [-0.1, -0.05) is 31.4 Å². The predicted octanol–water partition coefficient (Wildman–Crippen LogP) is 4.19. The maximum Gasteiger partial charge on any atom is 0.229 e. The van der Waals surface area contributed by atoms with Crippen LogP contribution >= 0.6 is 12.2 Å². The van der Waals surface area contributed by atoms with Gasteiger partial charge in [0.25, 0.3) is 0 Å². The lowest BCUT2D eigenvalue weighted by atomic mass is 9.96. The van der Waals surface area contributed by atoms with Crippen LogP contribution in [-0.4, -0.2) is 34.2 Å². The summed E-state index contributed by atoms with van der Waals surface area (Å²) in [7, 11) is 1.63. The summed E-state index contributed by atoms with van der Waals surface area (Å²) in [5.41, 5.74) is 2.57. The van der Waals surface area contributed by atoms with Crippen LogP contribution in [0.2, 0.25) is 0 Å². The molecule has 0 amide bonds. The standard InChI is InChI=1S/C21H28N6OS/c1-14-13-15(2)23-19(22-14)26-20(24-16-9-5-4-6-10-16)27-21(29)25-17-11-7-8-12-18(17)28-3/h7-8,11-13,16H,4-6,9-10H2,1-3H3,(H3,22,23,24,25,26,27,29). The zero-order chi connectivity index (χ0) is 20.6. The van der Waals surface area contributed by atoms with Gasteiger partial charge in [0.05, 0.1) is 18.8 Å². The van der Waals surface area contributed by atoms with E-state index in [2.05, 4.69) is 25.9 Å². The molecule has 1 saturated carbocycles. The van der Waals surface area contributed by atoms with Crippen molar-refractivity contribution in [3.05, 3.63) is 41.7 Å². The molecular formula is C21H28N6OS. The third kappa shape index (κ3) is 6.39. The second-order valence-electron chi connectivity index (χ2n) is 7.15. The maximum atomic E-state index is 5.52. The number of thiocarbonyl (C=S) groups is 1. The molecule has 8 heteroatoms. The van der Waals surface area contributed by atoms with Gasteiger partial charge in [-0.15, -0.1) is 0 Å². The number of nitrogens with zero attached hydrogens (tertiary/aromatic N) is 3. The van der Waals surface area contributed by atoms with E-state index in [4.69, 9.17) is 21.9 Å². The Labute approximate surface area is 177 Å². The molecule has 3 rings (SSSR count). The number of aromatic nitrogens is 2. The molecule has 7 nitrogen and oxygen atoms in total. The number of ether oxygens (including phenoxy) is 1. The summed E-state index contributed by atoms with van der Waals surface area (Å²) in [4.78, 5) is 13.8. The van der Waals surface area contributed by atoms with E-state index in [9.17, 15) is 0 Å². The van der Waals surface area contributed by atoms with Crippen molar-refractivity contribution >= 4 is 34.9 Å². The number of anilines is 2. The Kier molecular flexibility index (Phi) is 7.35. The molecule has 1 fully saturated rings. The van der Waals surface area contributed by atoms with Gasteiger partial charge in [0.2, 0.25) is 11.9 Å². The zero-order valence-corrected chi connectivity index (χ0v) is 18.0. The van der Waals surface area contributed by atoms with Crippen molar-refractivity contribution in [3.63, 3.8) is 0 Å². The summed E-state index contributed by atoms with van der Waals surface area (Å²) in [6.07, 6.45) is 5.83. The van der Waals surface area contributed by atoms with Gasteiger partial charge in [0.1, 0.15) is 5.75 Å². The molecule has 3 N–H and O–H groups in total. The lowest BCUT2D eigenvalue weighted by Gasteiger charge is -2.21. The number of para-hydroxylation sites is 2. The van der Waals surface area contributed by atoms with Crippen LogP contribution in [0.5, 0.6) is 5.75 Å². The van der Waals surface area contributed by atoms with Crippen molar-refractivity contribution in [1.29, 1.82) is 0 Å². The van der Waals surface area contributed by atoms with E-state index in [0.717, 1.165) is 29.9 Å². The maximum absolute atomic E-state index is 5.52. The highest BCUT2D eigenvalue weighted by atomic mass is 32.1. The average Bonchev–Trinajstić information content (AvgIpc) is 2.68. The normalized spacial score (nSPS) is 14.9. The van der Waals surface area contributed by atoms with Gasteiger partial charge >= 0.3 is 0 Å². The lowest BCUT2D eigenvalue weighted by Crippen LogP contribution is -2.40. The first-order valence-corrected chi connectivity index (χ1v) is 10.3. The zero-order valence-electron chi connectivity index (χ0n) is 17.2. The van der Waals surface area contributed by atoms with E-state index < -0.39 is 0 Å². The van der Waals surface area contributed by atoms with Crippen molar-refractivity contribution in [1.82, 2.24) is 15.3 Å². The van der Waals surface area contributed by atoms with Crippen LogP contribution in [0.3, 0.4) is 0 Å². The second-order valence-corrected chi connectivity index (χ2v) is 7.56. The van der Waals surface area contributed by atoms with E-state index in [0.29, 0.717) is 22.8 Å². The van der Waals surface area contributed by atoms with Gasteiger partial charge in [0, 0.05) is 11.4 Å². The summed E-state index contributed by atoms with van der Waals surface area (Å²) in [6.45, 7) is 3.89. The molecule has 0 bridgehead atoms. The Morgan fingerprint density at radius 2 is 1.76 bits per heavy atom. The molecule has 1 aliphatic carbocycles. The van der Waals surface area contributed by atoms with E-state index in [1.165, 1.54) is 19.3 Å². The number of hydrogen-bond donors (Lipinski definition) is 3. The highest BCUT2D eigenvalue weighted by Gasteiger charge is 2.15. The van der Waals surface area contributed by atoms with Crippen molar-refractivity contribution in [3.8, 4) is 5.75 Å². The molecule has 0 spiro atoms. The first-order chi connectivity index (χ1) is 14.0. The van der Waals surface area contributed by atoms with Crippen LogP contribution in [0.1, 0.15) is 43.5 Å². The Bertz CT molecular complexity index is 859. The third-order valence-electron chi connectivity index (χ3n) is 4.69. The van der Waals surface area contributed by atoms with Crippen LogP contribution in [-0.2, 0) is 0 Å². The molecule has 1 aliphatic rings. The van der Waals surface area contributed by atoms with Crippen LogP contribution in [0.4, 0.5) is 11.6 Å². The molecule has 1 heterocycles. The molecule has 1 aromatic carbocycles. The van der Waals surface area contributed by atoms with E-state index in [1.54, 1.807) is 7.11 Å². The van der Waals surface area contributed by atoms with Gasteiger partial charge < -0.3 is 15.4 Å². The first kappa shape index (κ1) is 21.0. The Balaban J connectivity index is 1.76. The van der Waals surface area contributed by atoms with Crippen molar-refractivity contribution in [2.24, 2.45) is 4.99 Å². The summed E-state index contributed by atoms with van der Waals surface area (Å²) >= 11 is 5.52. The van der Waals surface area contributed by atoms with Crippen molar-refractivity contribution < 1.29 is 4.74 Å². The van der Waals surface area contributed by atoms with Gasteiger partial charge in [0.15, 0.2) is 5.11 Å². The van der Waals surface area contributed by atoms with Crippen LogP contribution in [0.15, 0.2) is 35.3 Å². The summed E-state index contributed by atoms with van der Waals surface area (Å²) in [6, 6.07) is 9.82. The third-order valence-corrected chi connectivity index (χ3v) is 4.89. The minimum absolute atomic E-state index is 0.263. The van der Waals surface area contributed by atoms with Gasteiger partial charge in [-0.25, -0.2) is 15.0 Å². The highest BCUT2D eigenvalue weighted by molar-refractivity contribution is 7.80. The van der Waals surface area contributed by atoms with Crippen LogP contribution in [0.25, 0.3) is 0 Å². The number of methoxy groups -OCH3 is 1. The lowest BCUT2D eigenvalue weighted by molar-refractivity contribution is 0.417. The Hall–Kier alpha value is -2.74. The SMILES string of the molecule is COc1ccccc1NC(=S)NC(=NC1CCCCC1)Nc1nc(C)cc(C)n1. The fourth-order valence-corrected chi connectivity index (χ4v) is 3.59. The molecule has 0 radical (unpaired) electrons. The van der Waals surface area contributed by atoms with Crippen molar-refractivity contribution in [2.45, 2.75) is 52.0 Å². The minimum Gasteiger partial charge on any atom is -0.495 e. The number of rotatable bonds is 4. The molecule has 0 saturated heterocycles. The number of hydrogen-bond acceptors (Lipinski definition) is 5. The number of aliphatic imine (C=N–C) groups is 1. The molecule has 2 aromatic rings. The molecule has 154 valence electrons. The van der Waals surface area contributed by atoms with Gasteiger partial charge in [-0.2, -0.15) is 0 Å². The second kappa shape index (κ2) is 10.2. The number of guanidine groups is 1. The quantitative estimate of drug-likeness (QED) is 0.394. The van der Waals surface area contributed by atoms with E-state index >= 15 is 0 Å². The minimum atomic E-state index is 0.263. The molecular weight excluding hydrogens is 384 g/mol. The molecule has 0 unspecified atom stereocenters. The monoisotopic (exact) mass is 412 g/mol. The van der Waals surface area contributed by atoms with E-state index in [1.807, 2.05) is 44.2 Å². The first-order valence-electron chi connectivity index (χ1n) is 9.91. The smallest absolute Gasteiger partial charge is 0.229 e. The molecule has 1 aromatic heterocycles. The fraction of sp³-hybridized carbons (Fsp3) is 0.429. The molecule has 0 atom stereocenters.